The van der Waals surface area contributed by atoms with Gasteiger partial charge in [0.2, 0.25) is 0 Å². The zero-order chi connectivity index (χ0) is 16.8. The number of nitrogens with one attached hydrogen (secondary N) is 1. The molecule has 0 aromatic heterocycles. The van der Waals surface area contributed by atoms with Crippen LogP contribution >= 0.6 is 15.9 Å². The van der Waals surface area contributed by atoms with Crippen LogP contribution in [-0.4, -0.2) is 35.7 Å². The van der Waals surface area contributed by atoms with Gasteiger partial charge in [0.25, 0.3) is 0 Å². The van der Waals surface area contributed by atoms with Gasteiger partial charge in [0, 0.05) is 30.1 Å². The monoisotopic (exact) mass is 380 g/mol. The Morgan fingerprint density at radius 3 is 2.57 bits per heavy atom. The number of hydrogen-bond donors (Lipinski definition) is 1. The van der Waals surface area contributed by atoms with E-state index in [0.717, 1.165) is 24.1 Å². The second-order valence-electron chi connectivity index (χ2n) is 7.70. The second kappa shape index (κ2) is 6.10. The number of piperidine rings is 1. The molecule has 0 spiro atoms. The molecule has 2 atom stereocenters. The molecule has 1 N–H and O–H groups in total. The van der Waals surface area contributed by atoms with E-state index in [1.165, 1.54) is 11.1 Å². The molecule has 1 aromatic rings. The molecule has 1 heterocycles. The van der Waals surface area contributed by atoms with Gasteiger partial charge < -0.3 is 15.0 Å². The lowest BCUT2D eigenvalue weighted by Crippen LogP contribution is -2.39. The number of carbonyl (C=O) groups is 1. The summed E-state index contributed by atoms with van der Waals surface area (Å²) in [5.41, 5.74) is 2.13. The zero-order valence-electron chi connectivity index (χ0n) is 14.2. The quantitative estimate of drug-likeness (QED) is 0.868. The first-order valence-corrected chi connectivity index (χ1v) is 9.00. The average molecular weight is 381 g/mol. The molecule has 1 aromatic carbocycles. The highest BCUT2D eigenvalue weighted by atomic mass is 79.9. The molecule has 0 bridgehead atoms. The smallest absolute Gasteiger partial charge is 0.410 e. The fourth-order valence-corrected chi connectivity index (χ4v) is 3.71. The Hall–Kier alpha value is -1.07. The van der Waals surface area contributed by atoms with Crippen LogP contribution in [-0.2, 0) is 11.3 Å². The van der Waals surface area contributed by atoms with E-state index in [1.807, 2.05) is 25.7 Å². The molecule has 1 amide bonds. The first-order chi connectivity index (χ1) is 10.7. The van der Waals surface area contributed by atoms with E-state index in [2.05, 4.69) is 46.4 Å². The Labute approximate surface area is 146 Å². The number of amides is 1. The summed E-state index contributed by atoms with van der Waals surface area (Å²) in [6.45, 7) is 10.3. The maximum absolute atomic E-state index is 12.1. The third kappa shape index (κ3) is 3.89. The molecule has 1 saturated carbocycles. The van der Waals surface area contributed by atoms with Gasteiger partial charge in [-0.3, -0.25) is 0 Å². The highest BCUT2D eigenvalue weighted by molar-refractivity contribution is 9.10. The fourth-order valence-electron chi connectivity index (χ4n) is 3.29. The van der Waals surface area contributed by atoms with Crippen molar-refractivity contribution in [1.29, 1.82) is 0 Å². The number of nitrogens with zero attached hydrogens (tertiary/aromatic N) is 1. The van der Waals surface area contributed by atoms with Crippen LogP contribution in [0.5, 0.6) is 0 Å². The Bertz CT molecular complexity index is 600. The number of fused-ring (bicyclic) bond motifs is 1. The van der Waals surface area contributed by atoms with Crippen LogP contribution in [0.2, 0.25) is 0 Å². The van der Waals surface area contributed by atoms with Gasteiger partial charge in [-0.1, -0.05) is 28.1 Å². The Morgan fingerprint density at radius 1 is 1.35 bits per heavy atom. The summed E-state index contributed by atoms with van der Waals surface area (Å²) >= 11 is 3.58. The van der Waals surface area contributed by atoms with Gasteiger partial charge in [0.1, 0.15) is 5.60 Å². The number of rotatable bonds is 3. The molecule has 2 aliphatic rings. The molecule has 2 unspecified atom stereocenters. The first kappa shape index (κ1) is 16.8. The molecule has 1 aliphatic carbocycles. The molecule has 1 saturated heterocycles. The zero-order valence-corrected chi connectivity index (χ0v) is 15.8. The summed E-state index contributed by atoms with van der Waals surface area (Å²) in [6, 6.07) is 7.01. The Kier molecular flexibility index (Phi) is 4.45. The maximum atomic E-state index is 12.1. The summed E-state index contributed by atoms with van der Waals surface area (Å²) in [5, 5.41) is 3.63. The number of ether oxygens (including phenoxy) is 1. The SMILES string of the molecule is Cc1ccc(CNC2C3CN(C(=O)OC(C)(C)C)CC32)cc1Br. The van der Waals surface area contributed by atoms with E-state index < -0.39 is 5.60 Å². The summed E-state index contributed by atoms with van der Waals surface area (Å²) in [6.07, 6.45) is -0.175. The predicted octanol–water partition coefficient (Wildman–Crippen LogP) is 3.71. The Balaban J connectivity index is 1.45. The molecular formula is C18H25BrN2O2. The van der Waals surface area contributed by atoms with Gasteiger partial charge >= 0.3 is 6.09 Å². The number of carbonyl (C=O) groups excluding carboxylic acids is 1. The van der Waals surface area contributed by atoms with Crippen molar-refractivity contribution in [3.63, 3.8) is 0 Å². The van der Waals surface area contributed by atoms with Crippen molar-refractivity contribution in [1.82, 2.24) is 10.2 Å². The van der Waals surface area contributed by atoms with Crippen molar-refractivity contribution >= 4 is 22.0 Å². The Morgan fingerprint density at radius 2 is 2.00 bits per heavy atom. The normalized spacial score (nSPS) is 26.1. The minimum atomic E-state index is -0.416. The molecule has 0 radical (unpaired) electrons. The van der Waals surface area contributed by atoms with Crippen LogP contribution in [0, 0.1) is 18.8 Å². The standard InChI is InChI=1S/C18H25BrN2O2/c1-11-5-6-12(7-15(11)19)8-20-16-13-9-21(10-14(13)16)17(22)23-18(2,3)4/h5-7,13-14,16,20H,8-10H2,1-4H3. The molecule has 5 heteroatoms. The molecule has 4 nitrogen and oxygen atoms in total. The van der Waals surface area contributed by atoms with E-state index in [-0.39, 0.29) is 6.09 Å². The number of benzene rings is 1. The van der Waals surface area contributed by atoms with Gasteiger partial charge in [0.15, 0.2) is 0 Å². The topological polar surface area (TPSA) is 41.6 Å². The molecule has 1 aliphatic heterocycles. The van der Waals surface area contributed by atoms with E-state index in [0.29, 0.717) is 17.9 Å². The lowest BCUT2D eigenvalue weighted by molar-refractivity contribution is 0.0269. The van der Waals surface area contributed by atoms with E-state index in [1.54, 1.807) is 0 Å². The van der Waals surface area contributed by atoms with Crippen LogP contribution in [0.15, 0.2) is 22.7 Å². The number of hydrogen-bond acceptors (Lipinski definition) is 3. The van der Waals surface area contributed by atoms with Crippen LogP contribution in [0.25, 0.3) is 0 Å². The highest BCUT2D eigenvalue weighted by Gasteiger charge is 2.56. The number of aryl methyl sites for hydroxylation is 1. The van der Waals surface area contributed by atoms with Gasteiger partial charge in [0.05, 0.1) is 0 Å². The summed E-state index contributed by atoms with van der Waals surface area (Å²) < 4.78 is 6.60. The lowest BCUT2D eigenvalue weighted by atomic mass is 10.1. The van der Waals surface area contributed by atoms with Crippen molar-refractivity contribution in [3.05, 3.63) is 33.8 Å². The van der Waals surface area contributed by atoms with Gasteiger partial charge in [-0.25, -0.2) is 4.79 Å². The van der Waals surface area contributed by atoms with Gasteiger partial charge in [-0.05, 0) is 56.7 Å². The summed E-state index contributed by atoms with van der Waals surface area (Å²) in [7, 11) is 0. The lowest BCUT2D eigenvalue weighted by Gasteiger charge is -2.26. The summed E-state index contributed by atoms with van der Waals surface area (Å²) in [4.78, 5) is 13.9. The molecule has 126 valence electrons. The van der Waals surface area contributed by atoms with E-state index in [9.17, 15) is 4.79 Å². The number of likely N-dealkylation sites (tertiary alicyclic amines) is 1. The molecular weight excluding hydrogens is 356 g/mol. The van der Waals surface area contributed by atoms with E-state index in [4.69, 9.17) is 4.74 Å². The number of halogens is 1. The third-order valence-corrected chi connectivity index (χ3v) is 5.48. The third-order valence-electron chi connectivity index (χ3n) is 4.62. The van der Waals surface area contributed by atoms with Gasteiger partial charge in [-0.2, -0.15) is 0 Å². The average Bonchev–Trinajstić information content (AvgIpc) is 2.89. The first-order valence-electron chi connectivity index (χ1n) is 8.21. The minimum absolute atomic E-state index is 0.175. The largest absolute Gasteiger partial charge is 0.444 e. The van der Waals surface area contributed by atoms with Crippen molar-refractivity contribution < 1.29 is 9.53 Å². The fraction of sp³-hybridized carbons (Fsp3) is 0.611. The van der Waals surface area contributed by atoms with Crippen molar-refractivity contribution in [3.8, 4) is 0 Å². The highest BCUT2D eigenvalue weighted by Crippen LogP contribution is 2.45. The summed E-state index contributed by atoms with van der Waals surface area (Å²) in [5.74, 6) is 1.16. The van der Waals surface area contributed by atoms with Crippen LogP contribution in [0.1, 0.15) is 31.9 Å². The molecule has 23 heavy (non-hydrogen) atoms. The van der Waals surface area contributed by atoms with Crippen LogP contribution < -0.4 is 5.32 Å². The predicted molar refractivity (Wildman–Crippen MR) is 94.3 cm³/mol. The second-order valence-corrected chi connectivity index (χ2v) is 8.56. The van der Waals surface area contributed by atoms with Crippen molar-refractivity contribution in [2.24, 2.45) is 11.8 Å². The maximum Gasteiger partial charge on any atom is 0.410 e. The van der Waals surface area contributed by atoms with Crippen LogP contribution in [0.3, 0.4) is 0 Å². The minimum Gasteiger partial charge on any atom is -0.444 e. The van der Waals surface area contributed by atoms with Crippen molar-refractivity contribution in [2.75, 3.05) is 13.1 Å². The van der Waals surface area contributed by atoms with E-state index >= 15 is 0 Å². The van der Waals surface area contributed by atoms with Gasteiger partial charge in [-0.15, -0.1) is 0 Å². The molecule has 2 fully saturated rings. The van der Waals surface area contributed by atoms with Crippen molar-refractivity contribution in [2.45, 2.75) is 45.9 Å². The van der Waals surface area contributed by atoms with Crippen LogP contribution in [0.4, 0.5) is 4.79 Å². The molecule has 3 rings (SSSR count).